The van der Waals surface area contributed by atoms with Crippen molar-refractivity contribution < 1.29 is 14.7 Å². The molecule has 0 unspecified atom stereocenters. The van der Waals surface area contributed by atoms with E-state index >= 15 is 0 Å². The summed E-state index contributed by atoms with van der Waals surface area (Å²) in [4.78, 5) is 30.2. The molecule has 2 heterocycles. The fraction of sp³-hybridized carbons (Fsp3) is 0.421. The topological polar surface area (TPSA) is 96.5 Å². The Balaban J connectivity index is 1.52. The van der Waals surface area contributed by atoms with Crippen LogP contribution in [0.15, 0.2) is 36.5 Å². The van der Waals surface area contributed by atoms with Gasteiger partial charge in [0.05, 0.1) is 11.6 Å². The van der Waals surface area contributed by atoms with Crippen LogP contribution in [0, 0.1) is 11.3 Å². The van der Waals surface area contributed by atoms with Crippen LogP contribution in [0.4, 0.5) is 0 Å². The molecule has 3 N–H and O–H groups in total. The Morgan fingerprint density at radius 1 is 1.24 bits per heavy atom. The molecule has 1 aliphatic carbocycles. The highest BCUT2D eigenvalue weighted by Gasteiger charge is 2.58. The van der Waals surface area contributed by atoms with E-state index in [0.29, 0.717) is 25.8 Å². The Hall–Kier alpha value is -2.47. The third-order valence-corrected chi connectivity index (χ3v) is 5.55. The molecule has 1 aromatic carbocycles. The first-order chi connectivity index (χ1) is 12.0. The third kappa shape index (κ3) is 2.66. The highest BCUT2D eigenvalue weighted by atomic mass is 16.3. The smallest absolute Gasteiger partial charge is 0.238 e. The minimum atomic E-state index is -1.02. The fourth-order valence-corrected chi connectivity index (χ4v) is 3.83. The molecule has 0 bridgehead atoms. The van der Waals surface area contributed by atoms with Gasteiger partial charge in [0.15, 0.2) is 0 Å². The maximum atomic E-state index is 12.6. The molecule has 2 atom stereocenters. The van der Waals surface area contributed by atoms with Crippen LogP contribution in [0.1, 0.15) is 18.4 Å². The second-order valence-electron chi connectivity index (χ2n) is 7.18. The van der Waals surface area contributed by atoms with Crippen molar-refractivity contribution in [1.82, 2.24) is 9.88 Å². The number of nitrogens with zero attached hydrogens (tertiary/aromatic N) is 2. The van der Waals surface area contributed by atoms with Crippen LogP contribution in [0.3, 0.4) is 0 Å². The largest absolute Gasteiger partial charge is 0.391 e. The van der Waals surface area contributed by atoms with Crippen molar-refractivity contribution in [2.45, 2.75) is 25.4 Å². The van der Waals surface area contributed by atoms with E-state index in [2.05, 4.69) is 4.98 Å². The lowest BCUT2D eigenvalue weighted by Crippen LogP contribution is -2.42. The number of fused-ring (bicyclic) bond motifs is 1. The first-order valence-electron chi connectivity index (χ1n) is 8.61. The summed E-state index contributed by atoms with van der Waals surface area (Å²) in [5.41, 5.74) is 6.42. The van der Waals surface area contributed by atoms with E-state index in [-0.39, 0.29) is 18.4 Å². The number of hydrogen-bond donors (Lipinski definition) is 2. The van der Waals surface area contributed by atoms with Gasteiger partial charge in [0, 0.05) is 30.6 Å². The zero-order chi connectivity index (χ0) is 17.6. The molecule has 0 radical (unpaired) electrons. The summed E-state index contributed by atoms with van der Waals surface area (Å²) in [7, 11) is 0. The predicted octanol–water partition coefficient (Wildman–Crippen LogP) is 0.862. The Labute approximate surface area is 145 Å². The summed E-state index contributed by atoms with van der Waals surface area (Å²) in [5.74, 6) is -0.824. The van der Waals surface area contributed by atoms with E-state index in [4.69, 9.17) is 5.73 Å². The van der Waals surface area contributed by atoms with Crippen LogP contribution in [0.25, 0.3) is 10.9 Å². The highest BCUT2D eigenvalue weighted by molar-refractivity contribution is 6.07. The molecule has 1 saturated carbocycles. The Morgan fingerprint density at radius 2 is 2.00 bits per heavy atom. The number of aliphatic hydroxyl groups excluding tert-OH is 1. The monoisotopic (exact) mass is 339 g/mol. The summed E-state index contributed by atoms with van der Waals surface area (Å²) < 4.78 is 0. The molecular formula is C19H21N3O3. The number of benzene rings is 1. The average molecular weight is 339 g/mol. The number of aromatic nitrogens is 1. The maximum absolute atomic E-state index is 12.6. The number of aliphatic hydroxyl groups is 1. The third-order valence-electron chi connectivity index (χ3n) is 5.55. The van der Waals surface area contributed by atoms with Gasteiger partial charge in [-0.1, -0.05) is 18.2 Å². The molecule has 1 aromatic heterocycles. The van der Waals surface area contributed by atoms with Crippen molar-refractivity contribution in [3.05, 3.63) is 42.1 Å². The predicted molar refractivity (Wildman–Crippen MR) is 92.4 cm³/mol. The van der Waals surface area contributed by atoms with Crippen LogP contribution >= 0.6 is 0 Å². The molecule has 4 rings (SSSR count). The molecule has 1 saturated heterocycles. The van der Waals surface area contributed by atoms with Crippen LogP contribution in [0.2, 0.25) is 0 Å². The van der Waals surface area contributed by atoms with Crippen molar-refractivity contribution in [1.29, 1.82) is 0 Å². The van der Waals surface area contributed by atoms with Crippen molar-refractivity contribution >= 4 is 22.7 Å². The van der Waals surface area contributed by atoms with Crippen molar-refractivity contribution in [2.75, 3.05) is 13.1 Å². The molecular weight excluding hydrogens is 318 g/mol. The number of carbonyl (C=O) groups excluding carboxylic acids is 2. The van der Waals surface area contributed by atoms with Crippen LogP contribution in [-0.4, -0.2) is 46.0 Å². The molecule has 2 aliphatic rings. The van der Waals surface area contributed by atoms with Gasteiger partial charge >= 0.3 is 0 Å². The molecule has 0 spiro atoms. The molecule has 6 heteroatoms. The molecule has 2 fully saturated rings. The summed E-state index contributed by atoms with van der Waals surface area (Å²) in [5, 5.41) is 11.5. The van der Waals surface area contributed by atoms with Crippen molar-refractivity contribution in [2.24, 2.45) is 17.1 Å². The number of pyridine rings is 1. The highest BCUT2D eigenvalue weighted by Crippen LogP contribution is 2.47. The maximum Gasteiger partial charge on any atom is 0.238 e. The second-order valence-corrected chi connectivity index (χ2v) is 7.18. The molecule has 1 aliphatic heterocycles. The lowest BCUT2D eigenvalue weighted by molar-refractivity contribution is -0.142. The SMILES string of the molecule is NC(=O)C1(C(=O)N2C[C@@H](Cc3ccnc4ccccc34)[C@H](O)C2)CC1. The van der Waals surface area contributed by atoms with Crippen molar-refractivity contribution in [3.8, 4) is 0 Å². The van der Waals surface area contributed by atoms with Gasteiger partial charge in [-0.25, -0.2) is 0 Å². The van der Waals surface area contributed by atoms with Gasteiger partial charge in [-0.3, -0.25) is 14.6 Å². The minimum absolute atomic E-state index is 0.0570. The quantitative estimate of drug-likeness (QED) is 0.808. The lowest BCUT2D eigenvalue weighted by Gasteiger charge is -2.21. The Kier molecular flexibility index (Phi) is 3.72. The first kappa shape index (κ1) is 16.0. The average Bonchev–Trinajstić information content (AvgIpc) is 3.35. The molecule has 130 valence electrons. The van der Waals surface area contributed by atoms with E-state index in [1.807, 2.05) is 30.3 Å². The van der Waals surface area contributed by atoms with Crippen LogP contribution in [-0.2, 0) is 16.0 Å². The number of hydrogen-bond acceptors (Lipinski definition) is 4. The van der Waals surface area contributed by atoms with Gasteiger partial charge in [0.1, 0.15) is 5.41 Å². The summed E-state index contributed by atoms with van der Waals surface area (Å²) in [6, 6.07) is 9.87. The van der Waals surface area contributed by atoms with E-state index in [0.717, 1.165) is 16.5 Å². The Bertz CT molecular complexity index is 841. The first-order valence-corrected chi connectivity index (χ1v) is 8.61. The van der Waals surface area contributed by atoms with E-state index in [9.17, 15) is 14.7 Å². The number of amides is 2. The summed E-state index contributed by atoms with van der Waals surface area (Å²) in [6.07, 6.45) is 2.88. The molecule has 6 nitrogen and oxygen atoms in total. The number of β-amino-alcohol motifs (C(OH)–C–C–N with tert-alkyl or cyclic N) is 1. The normalized spacial score (nSPS) is 24.4. The summed E-state index contributed by atoms with van der Waals surface area (Å²) in [6.45, 7) is 0.716. The number of nitrogens with two attached hydrogens (primary N) is 1. The van der Waals surface area contributed by atoms with Crippen LogP contribution < -0.4 is 5.73 Å². The number of rotatable bonds is 4. The second kappa shape index (κ2) is 5.81. The van der Waals surface area contributed by atoms with E-state index in [1.165, 1.54) is 0 Å². The van der Waals surface area contributed by atoms with Gasteiger partial charge in [-0.15, -0.1) is 0 Å². The van der Waals surface area contributed by atoms with Crippen molar-refractivity contribution in [3.63, 3.8) is 0 Å². The summed E-state index contributed by atoms with van der Waals surface area (Å²) >= 11 is 0. The zero-order valence-corrected chi connectivity index (χ0v) is 13.9. The number of likely N-dealkylation sites (tertiary alicyclic amines) is 1. The van der Waals surface area contributed by atoms with Crippen LogP contribution in [0.5, 0.6) is 0 Å². The van der Waals surface area contributed by atoms with Gasteiger partial charge in [-0.2, -0.15) is 0 Å². The molecule has 25 heavy (non-hydrogen) atoms. The number of carbonyl (C=O) groups is 2. The number of primary amides is 1. The zero-order valence-electron chi connectivity index (χ0n) is 13.9. The van der Waals surface area contributed by atoms with Gasteiger partial charge in [-0.05, 0) is 37.0 Å². The molecule has 2 aromatic rings. The van der Waals surface area contributed by atoms with Gasteiger partial charge < -0.3 is 15.7 Å². The fourth-order valence-electron chi connectivity index (χ4n) is 3.83. The van der Waals surface area contributed by atoms with E-state index < -0.39 is 17.4 Å². The minimum Gasteiger partial charge on any atom is -0.391 e. The Morgan fingerprint density at radius 3 is 2.72 bits per heavy atom. The van der Waals surface area contributed by atoms with E-state index in [1.54, 1.807) is 11.1 Å². The lowest BCUT2D eigenvalue weighted by atomic mass is 9.94. The number of para-hydroxylation sites is 1. The molecule has 2 amide bonds. The van der Waals surface area contributed by atoms with Gasteiger partial charge in [0.2, 0.25) is 11.8 Å². The standard InChI is InChI=1S/C19H21N3O3/c20-17(24)19(6-7-19)18(25)22-10-13(16(23)11-22)9-12-5-8-21-15-4-2-1-3-14(12)15/h1-5,8,13,16,23H,6-7,9-11H2,(H2,20,24)/t13-,16-/m1/s1. The van der Waals surface area contributed by atoms with Gasteiger partial charge in [0.25, 0.3) is 0 Å².